The highest BCUT2D eigenvalue weighted by Gasteiger charge is 2.54. The first-order valence-electron chi connectivity index (χ1n) is 9.25. The van der Waals surface area contributed by atoms with Crippen LogP contribution in [0.3, 0.4) is 0 Å². The summed E-state index contributed by atoms with van der Waals surface area (Å²) < 4.78 is 11.2. The minimum Gasteiger partial charge on any atom is -0.507 e. The topological polar surface area (TPSA) is 75.7 Å². The average molecular weight is 360 g/mol. The molecule has 142 valence electrons. The lowest BCUT2D eigenvalue weighted by atomic mass is 9.59. The Kier molecular flexibility index (Phi) is 4.40. The summed E-state index contributed by atoms with van der Waals surface area (Å²) in [5.74, 6) is -1.33. The summed E-state index contributed by atoms with van der Waals surface area (Å²) in [6.45, 7) is 12.2. The monoisotopic (exact) mass is 360 g/mol. The van der Waals surface area contributed by atoms with Crippen molar-refractivity contribution in [2.45, 2.75) is 64.9 Å². The molecule has 3 rings (SSSR count). The van der Waals surface area contributed by atoms with Crippen molar-refractivity contribution in [3.8, 4) is 17.2 Å². The molecule has 26 heavy (non-hydrogen) atoms. The molecule has 5 nitrogen and oxygen atoms in total. The number of methoxy groups -OCH3 is 1. The molecule has 1 saturated carbocycles. The number of benzene rings is 1. The maximum absolute atomic E-state index is 13.1. The van der Waals surface area contributed by atoms with Crippen molar-refractivity contribution >= 4 is 5.97 Å². The maximum Gasteiger partial charge on any atom is 0.342 e. The van der Waals surface area contributed by atoms with E-state index in [0.29, 0.717) is 17.5 Å². The first-order chi connectivity index (χ1) is 12.1. The minimum atomic E-state index is -0.804. The summed E-state index contributed by atoms with van der Waals surface area (Å²) >= 11 is 0. The van der Waals surface area contributed by atoms with E-state index in [-0.39, 0.29) is 46.5 Å². The van der Waals surface area contributed by atoms with Gasteiger partial charge in [0.25, 0.3) is 0 Å². The quantitative estimate of drug-likeness (QED) is 0.770. The summed E-state index contributed by atoms with van der Waals surface area (Å²) in [5, 5.41) is 23.8. The Labute approximate surface area is 155 Å². The Balaban J connectivity index is 2.20. The molecule has 0 saturated heterocycles. The van der Waals surface area contributed by atoms with Gasteiger partial charge in [0.15, 0.2) is 5.75 Å². The standard InChI is InChI=1S/C21H28O5/c1-11(2)14-17(23)15-13(16(22)18(14)25-6)10-21(26-19(15)24)9-7-8-20(4,5)12(21)3/h11-12,23H,3,7-10H2,1-2,4-6H3/t12-,21-/m0/s1. The predicted molar refractivity (Wildman–Crippen MR) is 97.2 cm³/mol. The van der Waals surface area contributed by atoms with Crippen LogP contribution in [0.4, 0.5) is 0 Å². The Morgan fingerprint density at radius 2 is 1.96 bits per heavy atom. The van der Waals surface area contributed by atoms with E-state index in [9.17, 15) is 15.0 Å². The molecule has 1 aliphatic heterocycles. The normalized spacial score (nSPS) is 27.3. The van der Waals surface area contributed by atoms with Gasteiger partial charge in [-0.25, -0.2) is 4.79 Å². The van der Waals surface area contributed by atoms with Crippen molar-refractivity contribution in [3.63, 3.8) is 0 Å². The zero-order chi connectivity index (χ0) is 19.4. The first kappa shape index (κ1) is 18.9. The van der Waals surface area contributed by atoms with Gasteiger partial charge in [0.2, 0.25) is 5.75 Å². The van der Waals surface area contributed by atoms with E-state index in [1.54, 1.807) is 0 Å². The zero-order valence-electron chi connectivity index (χ0n) is 16.3. The second-order valence-electron chi connectivity index (χ2n) is 8.66. The number of phenolic OH excluding ortho intramolecular Hbond substituents is 1. The van der Waals surface area contributed by atoms with E-state index in [1.165, 1.54) is 7.11 Å². The highest BCUT2D eigenvalue weighted by atomic mass is 16.6. The van der Waals surface area contributed by atoms with Crippen LogP contribution in [-0.4, -0.2) is 23.8 Å². The number of esters is 1. The van der Waals surface area contributed by atoms with Gasteiger partial charge in [0, 0.05) is 23.5 Å². The number of hydrogen-bond donors (Lipinski definition) is 1. The smallest absolute Gasteiger partial charge is 0.342 e. The fraction of sp³-hybridized carbons (Fsp3) is 0.619. The molecule has 1 heterocycles. The van der Waals surface area contributed by atoms with Crippen molar-refractivity contribution < 1.29 is 24.5 Å². The van der Waals surface area contributed by atoms with Gasteiger partial charge >= 0.3 is 5.97 Å². The summed E-state index contributed by atoms with van der Waals surface area (Å²) in [6, 6.07) is 0. The number of carbonyl (C=O) groups excluding carboxylic acids is 1. The Hall–Kier alpha value is -1.91. The number of hydrogen-bond acceptors (Lipinski definition) is 4. The van der Waals surface area contributed by atoms with Crippen molar-refractivity contribution in [2.24, 2.45) is 11.3 Å². The van der Waals surface area contributed by atoms with E-state index in [4.69, 9.17) is 9.47 Å². The first-order valence-corrected chi connectivity index (χ1v) is 9.25. The molecule has 2 radical (unpaired) electrons. The van der Waals surface area contributed by atoms with E-state index in [2.05, 4.69) is 20.8 Å². The molecule has 5 heteroatoms. The van der Waals surface area contributed by atoms with Crippen molar-refractivity contribution in [1.82, 2.24) is 0 Å². The second-order valence-corrected chi connectivity index (χ2v) is 8.66. The molecule has 0 bridgehead atoms. The lowest BCUT2D eigenvalue weighted by molar-refractivity contribution is -0.101. The molecule has 0 amide bonds. The number of aromatic hydroxyl groups is 1. The van der Waals surface area contributed by atoms with Crippen LogP contribution in [0, 0.1) is 18.3 Å². The van der Waals surface area contributed by atoms with Crippen LogP contribution in [0.1, 0.15) is 74.4 Å². The van der Waals surface area contributed by atoms with Crippen molar-refractivity contribution in [1.29, 1.82) is 0 Å². The van der Waals surface area contributed by atoms with Crippen LogP contribution < -0.4 is 4.74 Å². The van der Waals surface area contributed by atoms with Gasteiger partial charge in [-0.15, -0.1) is 0 Å². The summed E-state index contributed by atoms with van der Waals surface area (Å²) in [5.41, 5.74) is -0.239. The molecule has 0 aromatic heterocycles. The lowest BCUT2D eigenvalue weighted by Crippen LogP contribution is -2.54. The lowest BCUT2D eigenvalue weighted by Gasteiger charge is -2.51. The largest absolute Gasteiger partial charge is 0.507 e. The SMILES string of the molecule is [CH2][C@H]1C(C)(C)CCC[C@]12Cc1c([O])c(OC)c(C(C)C)c(O)c1C(=O)O2. The van der Waals surface area contributed by atoms with E-state index < -0.39 is 11.6 Å². The summed E-state index contributed by atoms with van der Waals surface area (Å²) in [4.78, 5) is 12.9. The van der Waals surface area contributed by atoms with Crippen LogP contribution in [0.15, 0.2) is 0 Å². The number of phenols is 1. The molecule has 2 atom stereocenters. The van der Waals surface area contributed by atoms with E-state index >= 15 is 0 Å². The van der Waals surface area contributed by atoms with Gasteiger partial charge in [-0.05, 0) is 37.5 Å². The summed E-state index contributed by atoms with van der Waals surface area (Å²) in [7, 11) is 1.42. The highest BCUT2D eigenvalue weighted by Crippen LogP contribution is 2.55. The molecule has 1 aliphatic carbocycles. The fourth-order valence-electron chi connectivity index (χ4n) is 4.69. The van der Waals surface area contributed by atoms with Gasteiger partial charge < -0.3 is 14.6 Å². The van der Waals surface area contributed by atoms with E-state index in [0.717, 1.165) is 12.8 Å². The molecular weight excluding hydrogens is 332 g/mol. The van der Waals surface area contributed by atoms with Gasteiger partial charge in [-0.1, -0.05) is 27.7 Å². The zero-order valence-corrected chi connectivity index (χ0v) is 16.3. The third-order valence-corrected chi connectivity index (χ3v) is 6.28. The van der Waals surface area contributed by atoms with Crippen LogP contribution >= 0.6 is 0 Å². The molecule has 1 aromatic rings. The van der Waals surface area contributed by atoms with Gasteiger partial charge in [0.05, 0.1) is 7.11 Å². The van der Waals surface area contributed by atoms with Crippen LogP contribution in [0.2, 0.25) is 0 Å². The maximum atomic E-state index is 13.1. The number of rotatable bonds is 2. The third-order valence-electron chi connectivity index (χ3n) is 6.28. The average Bonchev–Trinajstić information content (AvgIpc) is 2.54. The van der Waals surface area contributed by atoms with Gasteiger partial charge in [0.1, 0.15) is 16.9 Å². The third kappa shape index (κ3) is 2.55. The summed E-state index contributed by atoms with van der Waals surface area (Å²) in [6.07, 6.45) is 2.85. The number of carbonyl (C=O) groups is 1. The highest BCUT2D eigenvalue weighted by molar-refractivity contribution is 5.98. The van der Waals surface area contributed by atoms with E-state index in [1.807, 2.05) is 13.8 Å². The molecule has 1 fully saturated rings. The minimum absolute atomic E-state index is 0.000652. The van der Waals surface area contributed by atoms with Crippen LogP contribution in [0.25, 0.3) is 0 Å². The van der Waals surface area contributed by atoms with Crippen molar-refractivity contribution in [3.05, 3.63) is 23.6 Å². The van der Waals surface area contributed by atoms with Gasteiger partial charge in [-0.3, -0.25) is 5.11 Å². The Morgan fingerprint density at radius 1 is 1.31 bits per heavy atom. The van der Waals surface area contributed by atoms with Crippen LogP contribution in [-0.2, 0) is 16.3 Å². The number of fused-ring (bicyclic) bond motifs is 1. The molecule has 1 spiro atoms. The number of ether oxygens (including phenoxy) is 2. The van der Waals surface area contributed by atoms with Gasteiger partial charge in [-0.2, -0.15) is 0 Å². The van der Waals surface area contributed by atoms with Crippen LogP contribution in [0.5, 0.6) is 17.2 Å². The van der Waals surface area contributed by atoms with Crippen molar-refractivity contribution in [2.75, 3.05) is 7.11 Å². The second kappa shape index (κ2) is 6.07. The molecule has 0 unspecified atom stereocenters. The Morgan fingerprint density at radius 3 is 2.54 bits per heavy atom. The molecular formula is C21H28O5. The molecule has 2 aliphatic rings. The predicted octanol–water partition coefficient (Wildman–Crippen LogP) is 4.78. The Bertz CT molecular complexity index is 750. The molecule has 1 N–H and O–H groups in total. The fourth-order valence-corrected chi connectivity index (χ4v) is 4.69. The molecule has 1 aromatic carbocycles.